The molecule has 0 bridgehead atoms. The van der Waals surface area contributed by atoms with Gasteiger partial charge in [0.1, 0.15) is 11.9 Å². The summed E-state index contributed by atoms with van der Waals surface area (Å²) in [5.41, 5.74) is 0.836. The maximum absolute atomic E-state index is 11.8. The number of ether oxygens (including phenoxy) is 2. The average Bonchev–Trinajstić information content (AvgIpc) is 2.51. The minimum absolute atomic E-state index is 0.00800. The third-order valence-corrected chi connectivity index (χ3v) is 4.58. The van der Waals surface area contributed by atoms with Crippen LogP contribution in [0.4, 0.5) is 0 Å². The van der Waals surface area contributed by atoms with Crippen LogP contribution in [0.1, 0.15) is 51.0 Å². The van der Waals surface area contributed by atoms with Gasteiger partial charge in [-0.05, 0) is 62.3 Å². The molecule has 0 amide bonds. The number of hydrogen-bond donors (Lipinski definition) is 0. The SMILES string of the molecule is Cc1cc(OC(=O)CCC(=O)OC2CCC(C)CC2)ccc1Cl. The molecule has 0 radical (unpaired) electrons. The van der Waals surface area contributed by atoms with Crippen molar-refractivity contribution in [1.82, 2.24) is 0 Å². The zero-order valence-corrected chi connectivity index (χ0v) is 14.4. The third-order valence-electron chi connectivity index (χ3n) is 4.16. The molecule has 126 valence electrons. The average molecular weight is 339 g/mol. The van der Waals surface area contributed by atoms with Crippen molar-refractivity contribution in [2.75, 3.05) is 0 Å². The molecule has 5 heteroatoms. The number of hydrogen-bond acceptors (Lipinski definition) is 4. The Morgan fingerprint density at radius 2 is 1.78 bits per heavy atom. The van der Waals surface area contributed by atoms with Crippen molar-refractivity contribution in [3.05, 3.63) is 28.8 Å². The Morgan fingerprint density at radius 1 is 1.13 bits per heavy atom. The van der Waals surface area contributed by atoms with Gasteiger partial charge in [0.25, 0.3) is 0 Å². The highest BCUT2D eigenvalue weighted by atomic mass is 35.5. The quantitative estimate of drug-likeness (QED) is 0.587. The molecule has 4 nitrogen and oxygen atoms in total. The summed E-state index contributed by atoms with van der Waals surface area (Å²) in [5.74, 6) is 0.379. The molecular formula is C18H23ClO4. The van der Waals surface area contributed by atoms with E-state index in [4.69, 9.17) is 21.1 Å². The Bertz CT molecular complexity index is 562. The van der Waals surface area contributed by atoms with E-state index in [-0.39, 0.29) is 24.9 Å². The van der Waals surface area contributed by atoms with Crippen LogP contribution in [0.15, 0.2) is 18.2 Å². The van der Waals surface area contributed by atoms with E-state index in [0.29, 0.717) is 16.7 Å². The lowest BCUT2D eigenvalue weighted by molar-refractivity contribution is -0.153. The molecular weight excluding hydrogens is 316 g/mol. The Hall–Kier alpha value is -1.55. The van der Waals surface area contributed by atoms with Crippen LogP contribution in [0, 0.1) is 12.8 Å². The van der Waals surface area contributed by atoms with Crippen molar-refractivity contribution in [3.8, 4) is 5.75 Å². The monoisotopic (exact) mass is 338 g/mol. The van der Waals surface area contributed by atoms with Gasteiger partial charge in [0.2, 0.25) is 0 Å². The van der Waals surface area contributed by atoms with Gasteiger partial charge >= 0.3 is 11.9 Å². The van der Waals surface area contributed by atoms with E-state index in [2.05, 4.69) is 6.92 Å². The molecule has 1 saturated carbocycles. The second-order valence-corrected chi connectivity index (χ2v) is 6.66. The van der Waals surface area contributed by atoms with Crippen LogP contribution in [-0.2, 0) is 14.3 Å². The van der Waals surface area contributed by atoms with Crippen molar-refractivity contribution in [1.29, 1.82) is 0 Å². The molecule has 0 heterocycles. The number of aryl methyl sites for hydroxylation is 1. The molecule has 2 rings (SSSR count). The molecule has 1 aromatic carbocycles. The first-order chi connectivity index (χ1) is 10.9. The van der Waals surface area contributed by atoms with Crippen molar-refractivity contribution in [3.63, 3.8) is 0 Å². The number of carbonyl (C=O) groups is 2. The molecule has 0 spiro atoms. The molecule has 0 unspecified atom stereocenters. The Balaban J connectivity index is 1.71. The summed E-state index contributed by atoms with van der Waals surface area (Å²) in [6, 6.07) is 5.01. The van der Waals surface area contributed by atoms with Crippen molar-refractivity contribution in [2.45, 2.75) is 58.5 Å². The second-order valence-electron chi connectivity index (χ2n) is 6.26. The summed E-state index contributed by atoms with van der Waals surface area (Å²) in [7, 11) is 0. The van der Waals surface area contributed by atoms with Gasteiger partial charge in [0.05, 0.1) is 12.8 Å². The van der Waals surface area contributed by atoms with Gasteiger partial charge in [0.15, 0.2) is 0 Å². The van der Waals surface area contributed by atoms with Crippen LogP contribution < -0.4 is 4.74 Å². The van der Waals surface area contributed by atoms with Gasteiger partial charge < -0.3 is 9.47 Å². The van der Waals surface area contributed by atoms with Gasteiger partial charge in [0, 0.05) is 5.02 Å². The van der Waals surface area contributed by atoms with E-state index in [9.17, 15) is 9.59 Å². The van der Waals surface area contributed by atoms with Gasteiger partial charge in [-0.3, -0.25) is 9.59 Å². The Labute approximate surface area is 142 Å². The maximum Gasteiger partial charge on any atom is 0.311 e. The molecule has 1 fully saturated rings. The fraction of sp³-hybridized carbons (Fsp3) is 0.556. The normalized spacial score (nSPS) is 20.8. The minimum Gasteiger partial charge on any atom is -0.462 e. The van der Waals surface area contributed by atoms with Gasteiger partial charge in [-0.1, -0.05) is 18.5 Å². The molecule has 0 atom stereocenters. The van der Waals surface area contributed by atoms with E-state index in [1.165, 1.54) is 0 Å². The van der Waals surface area contributed by atoms with Crippen LogP contribution >= 0.6 is 11.6 Å². The molecule has 0 aliphatic heterocycles. The lowest BCUT2D eigenvalue weighted by atomic mass is 9.89. The second kappa shape index (κ2) is 8.34. The molecule has 1 aliphatic rings. The molecule has 1 aromatic rings. The Kier molecular flexibility index (Phi) is 6.46. The number of rotatable bonds is 5. The summed E-state index contributed by atoms with van der Waals surface area (Å²) in [6.07, 6.45) is 4.10. The van der Waals surface area contributed by atoms with Gasteiger partial charge in [-0.25, -0.2) is 0 Å². The summed E-state index contributed by atoms with van der Waals surface area (Å²) < 4.78 is 10.6. The molecule has 0 saturated heterocycles. The lowest BCUT2D eigenvalue weighted by Crippen LogP contribution is -2.24. The van der Waals surface area contributed by atoms with Crippen LogP contribution in [-0.4, -0.2) is 18.0 Å². The maximum atomic E-state index is 11.8. The number of benzene rings is 1. The number of halogens is 1. The predicted octanol–water partition coefficient (Wildman–Crippen LogP) is 4.46. The first kappa shape index (κ1) is 17.8. The third kappa shape index (κ3) is 5.87. The van der Waals surface area contributed by atoms with Crippen LogP contribution in [0.2, 0.25) is 5.02 Å². The first-order valence-electron chi connectivity index (χ1n) is 8.10. The van der Waals surface area contributed by atoms with Crippen molar-refractivity contribution >= 4 is 23.5 Å². The highest BCUT2D eigenvalue weighted by molar-refractivity contribution is 6.31. The molecule has 0 N–H and O–H groups in total. The fourth-order valence-electron chi connectivity index (χ4n) is 2.66. The van der Waals surface area contributed by atoms with Crippen LogP contribution in [0.3, 0.4) is 0 Å². The minimum atomic E-state index is -0.444. The fourth-order valence-corrected chi connectivity index (χ4v) is 2.78. The summed E-state index contributed by atoms with van der Waals surface area (Å²) >= 11 is 5.92. The molecule has 1 aliphatic carbocycles. The molecule has 23 heavy (non-hydrogen) atoms. The van der Waals surface area contributed by atoms with Gasteiger partial charge in [-0.2, -0.15) is 0 Å². The van der Waals surface area contributed by atoms with E-state index in [0.717, 1.165) is 31.2 Å². The van der Waals surface area contributed by atoms with E-state index in [1.807, 2.05) is 6.92 Å². The van der Waals surface area contributed by atoms with Crippen LogP contribution in [0.25, 0.3) is 0 Å². The smallest absolute Gasteiger partial charge is 0.311 e. The van der Waals surface area contributed by atoms with Gasteiger partial charge in [-0.15, -0.1) is 0 Å². The summed E-state index contributed by atoms with van der Waals surface area (Å²) in [4.78, 5) is 23.6. The standard InChI is InChI=1S/C18H23ClO4/c1-12-3-5-14(6-4-12)22-17(20)9-10-18(21)23-15-7-8-16(19)13(2)11-15/h7-8,11-12,14H,3-6,9-10H2,1-2H3. The van der Waals surface area contributed by atoms with Crippen molar-refractivity contribution < 1.29 is 19.1 Å². The number of carbonyl (C=O) groups excluding carboxylic acids is 2. The molecule has 0 aromatic heterocycles. The van der Waals surface area contributed by atoms with E-state index < -0.39 is 5.97 Å². The summed E-state index contributed by atoms with van der Waals surface area (Å²) in [6.45, 7) is 4.05. The zero-order chi connectivity index (χ0) is 16.8. The highest BCUT2D eigenvalue weighted by Gasteiger charge is 2.21. The van der Waals surface area contributed by atoms with Crippen molar-refractivity contribution in [2.24, 2.45) is 5.92 Å². The highest BCUT2D eigenvalue weighted by Crippen LogP contribution is 2.26. The first-order valence-corrected chi connectivity index (χ1v) is 8.48. The van der Waals surface area contributed by atoms with E-state index in [1.54, 1.807) is 18.2 Å². The Morgan fingerprint density at radius 3 is 2.43 bits per heavy atom. The topological polar surface area (TPSA) is 52.6 Å². The predicted molar refractivity (Wildman–Crippen MR) is 88.6 cm³/mol. The summed E-state index contributed by atoms with van der Waals surface area (Å²) in [5, 5.41) is 0.621. The number of esters is 2. The van der Waals surface area contributed by atoms with Crippen LogP contribution in [0.5, 0.6) is 5.75 Å². The largest absolute Gasteiger partial charge is 0.462 e. The zero-order valence-electron chi connectivity index (χ0n) is 13.6. The van der Waals surface area contributed by atoms with E-state index >= 15 is 0 Å². The lowest BCUT2D eigenvalue weighted by Gasteiger charge is -2.25.